The minimum Gasteiger partial charge on any atom is -0.450 e. The van der Waals surface area contributed by atoms with E-state index >= 15 is 0 Å². The maximum atomic E-state index is 13.8. The fourth-order valence-corrected chi connectivity index (χ4v) is 5.33. The number of fused-ring (bicyclic) bond motifs is 2. The van der Waals surface area contributed by atoms with Gasteiger partial charge < -0.3 is 19.0 Å². The number of amides is 1. The summed E-state index contributed by atoms with van der Waals surface area (Å²) in [5.74, 6) is 0.420. The van der Waals surface area contributed by atoms with Gasteiger partial charge in [0.1, 0.15) is 18.7 Å². The van der Waals surface area contributed by atoms with E-state index in [0.717, 1.165) is 56.0 Å². The summed E-state index contributed by atoms with van der Waals surface area (Å²) in [4.78, 5) is 30.8. The molecule has 2 aromatic carbocycles. The molecular weight excluding hydrogens is 440 g/mol. The number of hydrogen-bond acceptors (Lipinski definition) is 4. The van der Waals surface area contributed by atoms with Gasteiger partial charge >= 0.3 is 0 Å². The fourth-order valence-electron chi connectivity index (χ4n) is 5.33. The maximum absolute atomic E-state index is 13.8. The Kier molecular flexibility index (Phi) is 6.51. The summed E-state index contributed by atoms with van der Waals surface area (Å²) in [6.45, 7) is 13.4. The number of morpholine rings is 1. The number of benzene rings is 2. The molecule has 1 aromatic heterocycles. The van der Waals surface area contributed by atoms with Crippen molar-refractivity contribution >= 4 is 16.9 Å². The van der Waals surface area contributed by atoms with Gasteiger partial charge in [0.25, 0.3) is 5.91 Å². The summed E-state index contributed by atoms with van der Waals surface area (Å²) in [5.41, 5.74) is 5.13. The first kappa shape index (κ1) is 23.8. The molecule has 5 rings (SSSR count). The van der Waals surface area contributed by atoms with Crippen LogP contribution in [0, 0.1) is 13.8 Å². The number of rotatable bonds is 6. The summed E-state index contributed by atoms with van der Waals surface area (Å²) in [7, 11) is 0. The van der Waals surface area contributed by atoms with Gasteiger partial charge in [-0.05, 0) is 54.2 Å². The molecule has 3 aromatic rings. The summed E-state index contributed by atoms with van der Waals surface area (Å²) < 4.78 is 11.6. The number of nitrogens with one attached hydrogen (secondary N) is 1. The predicted octanol–water partition coefficient (Wildman–Crippen LogP) is 3.38. The zero-order valence-electron chi connectivity index (χ0n) is 21.1. The van der Waals surface area contributed by atoms with E-state index in [4.69, 9.17) is 9.15 Å². The number of nitrogens with zero attached hydrogens (tertiary/aromatic N) is 1. The Morgan fingerprint density at radius 1 is 1.03 bits per heavy atom. The number of ether oxygens (including phenoxy) is 1. The van der Waals surface area contributed by atoms with Crippen LogP contribution in [0.25, 0.3) is 11.0 Å². The number of aryl methyl sites for hydroxylation is 2. The molecule has 1 saturated heterocycles. The quantitative estimate of drug-likeness (QED) is 0.594. The highest BCUT2D eigenvalue weighted by molar-refractivity contribution is 5.99. The van der Waals surface area contributed by atoms with Crippen LogP contribution in [0.4, 0.5) is 0 Å². The lowest BCUT2D eigenvalue weighted by Gasteiger charge is -2.27. The summed E-state index contributed by atoms with van der Waals surface area (Å²) in [5, 5.41) is 0.545. The van der Waals surface area contributed by atoms with E-state index in [1.165, 1.54) is 10.5 Å². The minimum absolute atomic E-state index is 0.100. The molecular formula is C29H35N2O4+. The topological polar surface area (TPSA) is 64.2 Å². The third-order valence-corrected chi connectivity index (χ3v) is 7.63. The van der Waals surface area contributed by atoms with Crippen molar-refractivity contribution in [3.63, 3.8) is 0 Å². The molecule has 1 fully saturated rings. The highest BCUT2D eigenvalue weighted by atomic mass is 16.5. The van der Waals surface area contributed by atoms with E-state index in [0.29, 0.717) is 29.0 Å². The van der Waals surface area contributed by atoms with E-state index < -0.39 is 6.04 Å². The minimum atomic E-state index is -0.430. The molecule has 0 unspecified atom stereocenters. The molecule has 6 heteroatoms. The van der Waals surface area contributed by atoms with Crippen LogP contribution >= 0.6 is 0 Å². The molecule has 184 valence electrons. The first-order valence-corrected chi connectivity index (χ1v) is 12.7. The SMILES string of the molecule is Cc1cc2oc3c(c(=O)c2cc1C)[C@H](c1ccc(C(C)C)cc1)N(CCC[NH+]1CCOCC1)C3=O. The van der Waals surface area contributed by atoms with E-state index in [1.54, 1.807) is 0 Å². The largest absolute Gasteiger partial charge is 0.450 e. The Morgan fingerprint density at radius 2 is 1.71 bits per heavy atom. The van der Waals surface area contributed by atoms with Gasteiger partial charge in [-0.2, -0.15) is 0 Å². The van der Waals surface area contributed by atoms with Crippen LogP contribution in [-0.4, -0.2) is 50.2 Å². The molecule has 1 amide bonds. The highest BCUT2D eigenvalue weighted by Gasteiger charge is 2.42. The van der Waals surface area contributed by atoms with Gasteiger partial charge in [-0.1, -0.05) is 38.1 Å². The second-order valence-corrected chi connectivity index (χ2v) is 10.3. The molecule has 0 aliphatic carbocycles. The van der Waals surface area contributed by atoms with Crippen LogP contribution in [0.3, 0.4) is 0 Å². The van der Waals surface area contributed by atoms with Crippen molar-refractivity contribution in [1.29, 1.82) is 0 Å². The van der Waals surface area contributed by atoms with E-state index in [2.05, 4.69) is 38.1 Å². The summed E-state index contributed by atoms with van der Waals surface area (Å²) in [6, 6.07) is 11.7. The standard InChI is InChI=1S/C29H34N2O4/c1-18(2)21-6-8-22(9-7-21)26-25-27(32)23-16-19(3)20(4)17-24(23)35-28(25)29(33)31(26)11-5-10-30-12-14-34-15-13-30/h6-9,16-18,26H,5,10-15H2,1-4H3/p+1/t26-/m0/s1. The van der Waals surface area contributed by atoms with Crippen LogP contribution in [0.5, 0.6) is 0 Å². The van der Waals surface area contributed by atoms with E-state index in [9.17, 15) is 9.59 Å². The molecule has 1 atom stereocenters. The van der Waals surface area contributed by atoms with Crippen molar-refractivity contribution < 1.29 is 18.8 Å². The fraction of sp³-hybridized carbons (Fsp3) is 0.448. The first-order chi connectivity index (χ1) is 16.8. The van der Waals surface area contributed by atoms with Gasteiger partial charge in [0.2, 0.25) is 5.76 Å². The molecule has 2 aliphatic rings. The zero-order valence-corrected chi connectivity index (χ0v) is 21.1. The maximum Gasteiger partial charge on any atom is 0.290 e. The van der Waals surface area contributed by atoms with Crippen LogP contribution < -0.4 is 10.3 Å². The predicted molar refractivity (Wildman–Crippen MR) is 136 cm³/mol. The lowest BCUT2D eigenvalue weighted by Crippen LogP contribution is -3.14. The Labute approximate surface area is 206 Å². The van der Waals surface area contributed by atoms with Gasteiger partial charge in [0.15, 0.2) is 5.43 Å². The van der Waals surface area contributed by atoms with Crippen molar-refractivity contribution in [2.24, 2.45) is 0 Å². The third kappa shape index (κ3) is 4.41. The molecule has 0 spiro atoms. The van der Waals surface area contributed by atoms with Crippen molar-refractivity contribution in [2.75, 3.05) is 39.4 Å². The summed E-state index contributed by atoms with van der Waals surface area (Å²) >= 11 is 0. The third-order valence-electron chi connectivity index (χ3n) is 7.63. The number of hydrogen-bond donors (Lipinski definition) is 1. The smallest absolute Gasteiger partial charge is 0.290 e. The van der Waals surface area contributed by atoms with Crippen LogP contribution in [0.1, 0.15) is 70.6 Å². The van der Waals surface area contributed by atoms with E-state index in [-0.39, 0.29) is 17.1 Å². The van der Waals surface area contributed by atoms with Gasteiger partial charge in [-0.3, -0.25) is 9.59 Å². The number of quaternary nitrogens is 1. The molecule has 0 saturated carbocycles. The van der Waals surface area contributed by atoms with Crippen molar-refractivity contribution in [2.45, 2.75) is 46.1 Å². The lowest BCUT2D eigenvalue weighted by molar-refractivity contribution is -0.908. The van der Waals surface area contributed by atoms with Gasteiger partial charge in [-0.15, -0.1) is 0 Å². The Balaban J connectivity index is 1.55. The molecule has 3 heterocycles. The average Bonchev–Trinajstić information content (AvgIpc) is 3.13. The van der Waals surface area contributed by atoms with Crippen LogP contribution in [0.15, 0.2) is 45.6 Å². The van der Waals surface area contributed by atoms with Gasteiger partial charge in [-0.25, -0.2) is 0 Å². The van der Waals surface area contributed by atoms with Gasteiger partial charge in [0, 0.05) is 13.0 Å². The van der Waals surface area contributed by atoms with Crippen LogP contribution in [-0.2, 0) is 4.74 Å². The summed E-state index contributed by atoms with van der Waals surface area (Å²) in [6.07, 6.45) is 0.863. The molecule has 0 radical (unpaired) electrons. The Morgan fingerprint density at radius 3 is 2.40 bits per heavy atom. The zero-order chi connectivity index (χ0) is 24.7. The molecule has 0 bridgehead atoms. The van der Waals surface area contributed by atoms with Crippen molar-refractivity contribution in [3.05, 3.63) is 80.2 Å². The normalized spacial score (nSPS) is 18.6. The molecule has 6 nitrogen and oxygen atoms in total. The second kappa shape index (κ2) is 9.59. The van der Waals surface area contributed by atoms with Crippen molar-refractivity contribution in [3.8, 4) is 0 Å². The van der Waals surface area contributed by atoms with E-state index in [1.807, 2.05) is 30.9 Å². The molecule has 35 heavy (non-hydrogen) atoms. The number of carbonyl (C=O) groups is 1. The average molecular weight is 476 g/mol. The lowest BCUT2D eigenvalue weighted by atomic mass is 9.95. The Hall–Kier alpha value is -2.96. The van der Waals surface area contributed by atoms with Crippen molar-refractivity contribution in [1.82, 2.24) is 4.90 Å². The monoisotopic (exact) mass is 475 g/mol. The van der Waals surface area contributed by atoms with Crippen LogP contribution in [0.2, 0.25) is 0 Å². The first-order valence-electron chi connectivity index (χ1n) is 12.7. The van der Waals surface area contributed by atoms with Gasteiger partial charge in [0.05, 0.1) is 36.8 Å². The Bertz CT molecular complexity index is 1300. The molecule has 2 aliphatic heterocycles. The number of carbonyl (C=O) groups excluding carboxylic acids is 1. The second-order valence-electron chi connectivity index (χ2n) is 10.3. The highest BCUT2D eigenvalue weighted by Crippen LogP contribution is 2.38. The molecule has 1 N–H and O–H groups in total.